The average molecular weight is 234 g/mol. The third-order valence-electron chi connectivity index (χ3n) is 2.62. The van der Waals surface area contributed by atoms with E-state index in [2.05, 4.69) is 41.7 Å². The Kier molecular flexibility index (Phi) is 5.71. The second-order valence-electron chi connectivity index (χ2n) is 4.58. The van der Waals surface area contributed by atoms with Gasteiger partial charge in [0.1, 0.15) is 5.82 Å². The number of rotatable bonds is 7. The Balaban J connectivity index is 2.48. The molecule has 94 valence electrons. The van der Waals surface area contributed by atoms with Crippen molar-refractivity contribution in [3.05, 3.63) is 18.2 Å². The summed E-state index contributed by atoms with van der Waals surface area (Å²) >= 11 is 0. The summed E-state index contributed by atoms with van der Waals surface area (Å²) in [6.45, 7) is 7.12. The average Bonchev–Trinajstić information content (AvgIpc) is 2.72. The fourth-order valence-corrected chi connectivity index (χ4v) is 1.85. The van der Waals surface area contributed by atoms with Gasteiger partial charge in [0, 0.05) is 31.4 Å². The lowest BCUT2D eigenvalue weighted by atomic mass is 10.2. The smallest absolute Gasteiger partial charge is 0.108 e. The van der Waals surface area contributed by atoms with Crippen molar-refractivity contribution in [2.45, 2.75) is 58.7 Å². The van der Waals surface area contributed by atoms with Crippen LogP contribution in [0.2, 0.25) is 0 Å². The van der Waals surface area contributed by atoms with Crippen molar-refractivity contribution in [1.82, 2.24) is 14.9 Å². The molecule has 0 aliphatic rings. The molecular weight excluding hydrogens is 212 g/mol. The second kappa shape index (κ2) is 7.08. The number of hydrogen-bond acceptors (Lipinski definition) is 3. The standard InChI is InChI=1S/C13H22N4/c1-4-5-13-15-7-9-17(13)8-6-12(10-14)16-11(2)3/h7,9,11-12,16H,4-6,8H2,1-3H3. The van der Waals surface area contributed by atoms with Gasteiger partial charge in [0.25, 0.3) is 0 Å². The SMILES string of the molecule is CCCc1nccn1CCC(C#N)NC(C)C. The van der Waals surface area contributed by atoms with Crippen molar-refractivity contribution >= 4 is 0 Å². The summed E-state index contributed by atoms with van der Waals surface area (Å²) in [7, 11) is 0. The van der Waals surface area contributed by atoms with Gasteiger partial charge in [-0.15, -0.1) is 0 Å². The Labute approximate surface area is 104 Å². The highest BCUT2D eigenvalue weighted by Crippen LogP contribution is 2.04. The molecule has 0 amide bonds. The molecule has 1 heterocycles. The van der Waals surface area contributed by atoms with Crippen molar-refractivity contribution in [2.75, 3.05) is 0 Å². The fraction of sp³-hybridized carbons (Fsp3) is 0.692. The number of nitrogens with zero attached hydrogens (tertiary/aromatic N) is 3. The maximum absolute atomic E-state index is 9.04. The summed E-state index contributed by atoms with van der Waals surface area (Å²) in [6.07, 6.45) is 6.75. The monoisotopic (exact) mass is 234 g/mol. The molecule has 1 rings (SSSR count). The van der Waals surface area contributed by atoms with Gasteiger partial charge in [0.05, 0.1) is 12.1 Å². The van der Waals surface area contributed by atoms with Crippen molar-refractivity contribution in [2.24, 2.45) is 0 Å². The number of hydrogen-bond donors (Lipinski definition) is 1. The van der Waals surface area contributed by atoms with Gasteiger partial charge in [-0.2, -0.15) is 5.26 Å². The third kappa shape index (κ3) is 4.58. The predicted molar refractivity (Wildman–Crippen MR) is 68.5 cm³/mol. The van der Waals surface area contributed by atoms with Gasteiger partial charge in [-0.05, 0) is 26.7 Å². The summed E-state index contributed by atoms with van der Waals surface area (Å²) in [5.74, 6) is 1.12. The minimum atomic E-state index is -0.0770. The van der Waals surface area contributed by atoms with Crippen LogP contribution in [-0.2, 0) is 13.0 Å². The van der Waals surface area contributed by atoms with Gasteiger partial charge in [0.15, 0.2) is 0 Å². The zero-order chi connectivity index (χ0) is 12.7. The molecule has 0 aliphatic heterocycles. The van der Waals surface area contributed by atoms with Crippen molar-refractivity contribution < 1.29 is 0 Å². The molecule has 1 unspecified atom stereocenters. The van der Waals surface area contributed by atoms with Crippen LogP contribution in [0.1, 0.15) is 39.4 Å². The van der Waals surface area contributed by atoms with Crippen molar-refractivity contribution in [3.8, 4) is 6.07 Å². The van der Waals surface area contributed by atoms with E-state index in [1.54, 1.807) is 0 Å². The Morgan fingerprint density at radius 3 is 2.88 bits per heavy atom. The van der Waals surface area contributed by atoms with Crippen LogP contribution in [0.4, 0.5) is 0 Å². The van der Waals surface area contributed by atoms with Crippen LogP contribution in [0, 0.1) is 11.3 Å². The highest BCUT2D eigenvalue weighted by atomic mass is 15.1. The number of nitriles is 1. The summed E-state index contributed by atoms with van der Waals surface area (Å²) in [4.78, 5) is 4.33. The normalized spacial score (nSPS) is 12.6. The van der Waals surface area contributed by atoms with Crippen LogP contribution in [-0.4, -0.2) is 21.6 Å². The van der Waals surface area contributed by atoms with E-state index in [1.807, 2.05) is 12.4 Å². The molecule has 1 aromatic heterocycles. The molecule has 1 aromatic rings. The Morgan fingerprint density at radius 2 is 2.29 bits per heavy atom. The van der Waals surface area contributed by atoms with E-state index in [0.717, 1.165) is 31.6 Å². The maximum atomic E-state index is 9.04. The minimum absolute atomic E-state index is 0.0770. The number of imidazole rings is 1. The van der Waals surface area contributed by atoms with Crippen molar-refractivity contribution in [1.29, 1.82) is 5.26 Å². The highest BCUT2D eigenvalue weighted by molar-refractivity contribution is 4.95. The van der Waals surface area contributed by atoms with Gasteiger partial charge in [-0.25, -0.2) is 4.98 Å². The lowest BCUT2D eigenvalue weighted by molar-refractivity contribution is 0.471. The largest absolute Gasteiger partial charge is 0.335 e. The Morgan fingerprint density at radius 1 is 1.53 bits per heavy atom. The molecule has 1 atom stereocenters. The first kappa shape index (κ1) is 13.7. The summed E-state index contributed by atoms with van der Waals surface area (Å²) in [5.41, 5.74) is 0. The van der Waals surface area contributed by atoms with E-state index in [1.165, 1.54) is 0 Å². The molecule has 0 bridgehead atoms. The molecule has 0 spiro atoms. The number of aromatic nitrogens is 2. The molecule has 0 radical (unpaired) electrons. The summed E-state index contributed by atoms with van der Waals surface area (Å²) < 4.78 is 2.15. The van der Waals surface area contributed by atoms with Crippen LogP contribution < -0.4 is 5.32 Å². The zero-order valence-corrected chi connectivity index (χ0v) is 11.0. The molecule has 0 aromatic carbocycles. The molecule has 4 heteroatoms. The van der Waals surface area contributed by atoms with E-state index in [-0.39, 0.29) is 6.04 Å². The minimum Gasteiger partial charge on any atom is -0.335 e. The van der Waals surface area contributed by atoms with E-state index in [4.69, 9.17) is 5.26 Å². The highest BCUT2D eigenvalue weighted by Gasteiger charge is 2.09. The number of aryl methyl sites for hydroxylation is 2. The molecule has 0 saturated heterocycles. The number of nitrogens with one attached hydrogen (secondary N) is 1. The first-order chi connectivity index (χ1) is 8.17. The third-order valence-corrected chi connectivity index (χ3v) is 2.62. The van der Waals surface area contributed by atoms with Gasteiger partial charge < -0.3 is 4.57 Å². The first-order valence-corrected chi connectivity index (χ1v) is 6.33. The summed E-state index contributed by atoms with van der Waals surface area (Å²) in [5, 5.41) is 12.3. The fourth-order valence-electron chi connectivity index (χ4n) is 1.85. The lowest BCUT2D eigenvalue weighted by Gasteiger charge is -2.15. The van der Waals surface area contributed by atoms with Gasteiger partial charge >= 0.3 is 0 Å². The topological polar surface area (TPSA) is 53.6 Å². The van der Waals surface area contributed by atoms with Gasteiger partial charge in [-0.3, -0.25) is 5.32 Å². The van der Waals surface area contributed by atoms with Crippen LogP contribution in [0.25, 0.3) is 0 Å². The van der Waals surface area contributed by atoms with Crippen molar-refractivity contribution in [3.63, 3.8) is 0 Å². The van der Waals surface area contributed by atoms with Gasteiger partial charge in [0.2, 0.25) is 0 Å². The molecular formula is C13H22N4. The van der Waals surface area contributed by atoms with E-state index in [0.29, 0.717) is 6.04 Å². The van der Waals surface area contributed by atoms with E-state index < -0.39 is 0 Å². The van der Waals surface area contributed by atoms with Crippen LogP contribution in [0.15, 0.2) is 12.4 Å². The zero-order valence-electron chi connectivity index (χ0n) is 11.0. The Bertz CT molecular complexity index is 362. The molecule has 1 N–H and O–H groups in total. The molecule has 0 aliphatic carbocycles. The van der Waals surface area contributed by atoms with Gasteiger partial charge in [-0.1, -0.05) is 6.92 Å². The molecule has 4 nitrogen and oxygen atoms in total. The predicted octanol–water partition coefficient (Wildman–Crippen LogP) is 2.12. The van der Waals surface area contributed by atoms with E-state index in [9.17, 15) is 0 Å². The van der Waals surface area contributed by atoms with Crippen LogP contribution >= 0.6 is 0 Å². The molecule has 0 saturated carbocycles. The second-order valence-corrected chi connectivity index (χ2v) is 4.58. The molecule has 17 heavy (non-hydrogen) atoms. The first-order valence-electron chi connectivity index (χ1n) is 6.33. The quantitative estimate of drug-likeness (QED) is 0.786. The summed E-state index contributed by atoms with van der Waals surface area (Å²) in [6, 6.07) is 2.57. The lowest BCUT2D eigenvalue weighted by Crippen LogP contribution is -2.34. The van der Waals surface area contributed by atoms with E-state index >= 15 is 0 Å². The van der Waals surface area contributed by atoms with Crippen LogP contribution in [0.5, 0.6) is 0 Å². The molecule has 0 fully saturated rings. The Hall–Kier alpha value is -1.34. The van der Waals surface area contributed by atoms with Crippen LogP contribution in [0.3, 0.4) is 0 Å². The maximum Gasteiger partial charge on any atom is 0.108 e.